The Morgan fingerprint density at radius 3 is 2.50 bits per heavy atom. The number of hydrogen-bond acceptors (Lipinski definition) is 3. The molecule has 0 radical (unpaired) electrons. The quantitative estimate of drug-likeness (QED) is 0.665. The van der Waals surface area contributed by atoms with Gasteiger partial charge in [-0.05, 0) is 18.2 Å². The number of carbonyl (C=O) groups excluding carboxylic acids is 2. The van der Waals surface area contributed by atoms with Crippen molar-refractivity contribution in [3.05, 3.63) is 64.1 Å². The predicted molar refractivity (Wildman–Crippen MR) is 103 cm³/mol. The first-order valence-corrected chi connectivity index (χ1v) is 8.97. The van der Waals surface area contributed by atoms with Crippen molar-refractivity contribution < 1.29 is 19.2 Å². The van der Waals surface area contributed by atoms with Crippen LogP contribution in [0.1, 0.15) is 17.2 Å². The normalized spacial score (nSPS) is 12.8. The Morgan fingerprint density at radius 1 is 1.19 bits per heavy atom. The lowest BCUT2D eigenvalue weighted by Crippen LogP contribution is -3.09. The highest BCUT2D eigenvalue weighted by Gasteiger charge is 2.30. The SMILES string of the molecule is CNC(=O)NC(=O)[C@H](c1ccccc1)[NH+](C)Cc1cc(Br)ccc1OC. The second-order valence-corrected chi connectivity index (χ2v) is 6.81. The van der Waals surface area contributed by atoms with Gasteiger partial charge in [0, 0.05) is 22.6 Å². The molecule has 3 amide bonds. The molecule has 2 aromatic rings. The summed E-state index contributed by atoms with van der Waals surface area (Å²) in [5, 5.41) is 4.79. The van der Waals surface area contributed by atoms with Crippen LogP contribution in [0, 0.1) is 0 Å². The molecule has 0 aromatic heterocycles. The number of quaternary nitrogens is 1. The van der Waals surface area contributed by atoms with Gasteiger partial charge in [0.25, 0.3) is 5.91 Å². The van der Waals surface area contributed by atoms with Gasteiger partial charge in [0.2, 0.25) is 0 Å². The fraction of sp³-hybridized carbons (Fsp3) is 0.263. The maximum atomic E-state index is 12.7. The van der Waals surface area contributed by atoms with E-state index in [-0.39, 0.29) is 5.91 Å². The lowest BCUT2D eigenvalue weighted by Gasteiger charge is -2.25. The predicted octanol–water partition coefficient (Wildman–Crippen LogP) is 1.67. The van der Waals surface area contributed by atoms with E-state index in [0.717, 1.165) is 26.2 Å². The molecule has 1 unspecified atom stereocenters. The van der Waals surface area contributed by atoms with Gasteiger partial charge in [0.1, 0.15) is 12.3 Å². The molecule has 2 atom stereocenters. The zero-order valence-corrected chi connectivity index (χ0v) is 16.6. The van der Waals surface area contributed by atoms with E-state index < -0.39 is 12.1 Å². The number of hydrogen-bond donors (Lipinski definition) is 3. The van der Waals surface area contributed by atoms with Gasteiger partial charge in [-0.2, -0.15) is 0 Å². The van der Waals surface area contributed by atoms with Crippen molar-refractivity contribution in [1.82, 2.24) is 10.6 Å². The maximum Gasteiger partial charge on any atom is 0.321 e. The molecule has 26 heavy (non-hydrogen) atoms. The Morgan fingerprint density at radius 2 is 1.88 bits per heavy atom. The van der Waals surface area contributed by atoms with E-state index in [4.69, 9.17) is 4.74 Å². The van der Waals surface area contributed by atoms with Gasteiger partial charge in [-0.15, -0.1) is 0 Å². The lowest BCUT2D eigenvalue weighted by molar-refractivity contribution is -0.916. The summed E-state index contributed by atoms with van der Waals surface area (Å²) in [5.74, 6) is 0.396. The third-order valence-electron chi connectivity index (χ3n) is 4.06. The van der Waals surface area contributed by atoms with E-state index >= 15 is 0 Å². The van der Waals surface area contributed by atoms with Crippen LogP contribution < -0.4 is 20.3 Å². The first-order chi connectivity index (χ1) is 12.5. The van der Waals surface area contributed by atoms with Gasteiger partial charge in [-0.25, -0.2) is 4.79 Å². The number of likely N-dealkylation sites (N-methyl/N-ethyl adjacent to an activating group) is 1. The van der Waals surface area contributed by atoms with Crippen molar-refractivity contribution >= 4 is 27.9 Å². The number of benzene rings is 2. The van der Waals surface area contributed by atoms with E-state index in [1.54, 1.807) is 7.11 Å². The van der Waals surface area contributed by atoms with E-state index in [1.807, 2.05) is 55.6 Å². The van der Waals surface area contributed by atoms with E-state index in [1.165, 1.54) is 7.05 Å². The summed E-state index contributed by atoms with van der Waals surface area (Å²) in [4.78, 5) is 25.2. The molecule has 2 rings (SSSR count). The summed E-state index contributed by atoms with van der Waals surface area (Å²) < 4.78 is 6.37. The highest BCUT2D eigenvalue weighted by atomic mass is 79.9. The molecule has 0 heterocycles. The first kappa shape index (κ1) is 19.9. The van der Waals surface area contributed by atoms with Crippen LogP contribution in [0.2, 0.25) is 0 Å². The van der Waals surface area contributed by atoms with Crippen LogP contribution >= 0.6 is 15.9 Å². The third kappa shape index (κ3) is 5.06. The van der Waals surface area contributed by atoms with Crippen LogP contribution in [0.5, 0.6) is 5.75 Å². The summed E-state index contributed by atoms with van der Waals surface area (Å²) in [7, 11) is 5.01. The minimum atomic E-state index is -0.544. The second-order valence-electron chi connectivity index (χ2n) is 5.89. The Labute approximate surface area is 161 Å². The number of rotatable bonds is 6. The molecule has 0 aliphatic rings. The van der Waals surface area contributed by atoms with Gasteiger partial charge in [-0.1, -0.05) is 46.3 Å². The topological polar surface area (TPSA) is 71.9 Å². The number of methoxy groups -OCH3 is 1. The molecular weight excluding hydrogens is 398 g/mol. The van der Waals surface area contributed by atoms with Gasteiger partial charge in [0.05, 0.1) is 14.2 Å². The summed E-state index contributed by atoms with van der Waals surface area (Å²) in [6.07, 6.45) is 0. The number of halogens is 1. The van der Waals surface area contributed by atoms with Crippen LogP contribution in [-0.2, 0) is 11.3 Å². The maximum absolute atomic E-state index is 12.7. The number of nitrogens with one attached hydrogen (secondary N) is 3. The van der Waals surface area contributed by atoms with Crippen molar-refractivity contribution in [2.75, 3.05) is 21.2 Å². The zero-order valence-electron chi connectivity index (χ0n) is 15.0. The Balaban J connectivity index is 2.31. The van der Waals surface area contributed by atoms with Crippen molar-refractivity contribution in [3.63, 3.8) is 0 Å². The Hall–Kier alpha value is -2.38. The molecule has 0 aliphatic carbocycles. The average molecular weight is 421 g/mol. The summed E-state index contributed by atoms with van der Waals surface area (Å²) in [6, 6.07) is 14.1. The summed E-state index contributed by atoms with van der Waals surface area (Å²) in [5.41, 5.74) is 1.80. The number of urea groups is 1. The fourth-order valence-electron chi connectivity index (χ4n) is 2.84. The Bertz CT molecular complexity index is 768. The number of imide groups is 1. The lowest BCUT2D eigenvalue weighted by atomic mass is 10.0. The largest absolute Gasteiger partial charge is 0.496 e. The van der Waals surface area contributed by atoms with Crippen molar-refractivity contribution in [1.29, 1.82) is 0 Å². The van der Waals surface area contributed by atoms with Crippen molar-refractivity contribution in [3.8, 4) is 5.75 Å². The van der Waals surface area contributed by atoms with Gasteiger partial charge >= 0.3 is 6.03 Å². The smallest absolute Gasteiger partial charge is 0.321 e. The highest BCUT2D eigenvalue weighted by Crippen LogP contribution is 2.22. The molecular formula is C19H23BrN3O3+. The van der Waals surface area contributed by atoms with E-state index in [0.29, 0.717) is 6.54 Å². The second kappa shape index (κ2) is 9.35. The van der Waals surface area contributed by atoms with E-state index in [9.17, 15) is 9.59 Å². The zero-order chi connectivity index (χ0) is 19.1. The molecule has 7 heteroatoms. The van der Waals surface area contributed by atoms with Crippen molar-refractivity contribution in [2.45, 2.75) is 12.6 Å². The molecule has 138 valence electrons. The Kier molecular flexibility index (Phi) is 7.17. The van der Waals surface area contributed by atoms with E-state index in [2.05, 4.69) is 26.6 Å². The molecule has 2 aromatic carbocycles. The molecule has 0 saturated carbocycles. The molecule has 0 bridgehead atoms. The monoisotopic (exact) mass is 420 g/mol. The molecule has 0 saturated heterocycles. The minimum Gasteiger partial charge on any atom is -0.496 e. The van der Waals surface area contributed by atoms with Crippen LogP contribution in [0.4, 0.5) is 4.79 Å². The summed E-state index contributed by atoms with van der Waals surface area (Å²) >= 11 is 3.47. The third-order valence-corrected chi connectivity index (χ3v) is 4.56. The summed E-state index contributed by atoms with van der Waals surface area (Å²) in [6.45, 7) is 0.545. The minimum absolute atomic E-state index is 0.359. The number of carbonyl (C=O) groups is 2. The molecule has 3 N–H and O–H groups in total. The van der Waals surface area contributed by atoms with Crippen LogP contribution in [0.15, 0.2) is 53.0 Å². The molecule has 6 nitrogen and oxygen atoms in total. The first-order valence-electron chi connectivity index (χ1n) is 8.18. The van der Waals surface area contributed by atoms with Gasteiger partial charge < -0.3 is 15.0 Å². The molecule has 0 aliphatic heterocycles. The van der Waals surface area contributed by atoms with Crippen LogP contribution in [-0.4, -0.2) is 33.1 Å². The molecule has 0 spiro atoms. The van der Waals surface area contributed by atoms with Gasteiger partial charge in [-0.3, -0.25) is 10.1 Å². The molecule has 0 fully saturated rings. The van der Waals surface area contributed by atoms with Crippen LogP contribution in [0.25, 0.3) is 0 Å². The highest BCUT2D eigenvalue weighted by molar-refractivity contribution is 9.10. The van der Waals surface area contributed by atoms with Crippen molar-refractivity contribution in [2.24, 2.45) is 0 Å². The number of amides is 3. The average Bonchev–Trinajstić information content (AvgIpc) is 2.62. The van der Waals surface area contributed by atoms with Crippen LogP contribution in [0.3, 0.4) is 0 Å². The standard InChI is InChI=1S/C19H22BrN3O3/c1-21-19(25)22-18(24)17(13-7-5-4-6-8-13)23(2)12-14-11-15(20)9-10-16(14)26-3/h4-11,17H,12H2,1-3H3,(H2,21,22,24,25)/p+1/t17-/m0/s1. The van der Waals surface area contributed by atoms with Gasteiger partial charge in [0.15, 0.2) is 6.04 Å². The number of ether oxygens (including phenoxy) is 1. The fourth-order valence-corrected chi connectivity index (χ4v) is 3.25.